The molecule has 92 valence electrons. The van der Waals surface area contributed by atoms with Crippen LogP contribution >= 0.6 is 0 Å². The van der Waals surface area contributed by atoms with Crippen molar-refractivity contribution in [3.63, 3.8) is 0 Å². The van der Waals surface area contributed by atoms with E-state index in [1.54, 1.807) is 0 Å². The molecule has 2 aromatic rings. The molecule has 0 unspecified atom stereocenters. The van der Waals surface area contributed by atoms with Crippen LogP contribution in [-0.2, 0) is 0 Å². The maximum atomic E-state index is 10.6. The monoisotopic (exact) mass is 249 g/mol. The van der Waals surface area contributed by atoms with Crippen LogP contribution in [0.4, 0.5) is 11.5 Å². The number of hydrogen-bond acceptors (Lipinski definition) is 6. The number of hydrogen-bond donors (Lipinski definition) is 2. The Balaban J connectivity index is 2.42. The molecule has 0 aromatic carbocycles. The summed E-state index contributed by atoms with van der Waals surface area (Å²) in [6.07, 6.45) is 2.47. The van der Waals surface area contributed by atoms with Gasteiger partial charge in [-0.05, 0) is 6.07 Å². The van der Waals surface area contributed by atoms with Gasteiger partial charge in [-0.15, -0.1) is 0 Å². The number of carboxylic acid groups (broad SMARTS) is 1. The molecular weight excluding hydrogens is 242 g/mol. The van der Waals surface area contributed by atoms with Gasteiger partial charge in [0.15, 0.2) is 5.69 Å². The summed E-state index contributed by atoms with van der Waals surface area (Å²) < 4.78 is 1.31. The van der Waals surface area contributed by atoms with Crippen molar-refractivity contribution < 1.29 is 14.8 Å². The lowest BCUT2D eigenvalue weighted by atomic mass is 10.4. The summed E-state index contributed by atoms with van der Waals surface area (Å²) in [5.41, 5.74) is 4.96. The molecule has 0 aliphatic rings. The van der Waals surface area contributed by atoms with E-state index in [-0.39, 0.29) is 23.0 Å². The second-order valence-corrected chi connectivity index (χ2v) is 3.30. The van der Waals surface area contributed by atoms with E-state index in [1.165, 1.54) is 29.2 Å². The summed E-state index contributed by atoms with van der Waals surface area (Å²) in [6, 6.07) is 2.54. The van der Waals surface area contributed by atoms with Gasteiger partial charge in [0.2, 0.25) is 5.82 Å². The molecule has 0 saturated carbocycles. The van der Waals surface area contributed by atoms with Gasteiger partial charge in [0.1, 0.15) is 12.1 Å². The quantitative estimate of drug-likeness (QED) is 0.595. The van der Waals surface area contributed by atoms with Crippen LogP contribution in [0.2, 0.25) is 0 Å². The van der Waals surface area contributed by atoms with Crippen molar-refractivity contribution in [3.05, 3.63) is 40.5 Å². The summed E-state index contributed by atoms with van der Waals surface area (Å²) >= 11 is 0. The van der Waals surface area contributed by atoms with Crippen LogP contribution in [0.25, 0.3) is 5.82 Å². The summed E-state index contributed by atoms with van der Waals surface area (Å²) in [7, 11) is 0. The molecule has 2 heterocycles. The van der Waals surface area contributed by atoms with Gasteiger partial charge >= 0.3 is 11.7 Å². The largest absolute Gasteiger partial charge is 0.476 e. The van der Waals surface area contributed by atoms with Crippen LogP contribution in [0.5, 0.6) is 0 Å². The first kappa shape index (κ1) is 11.5. The van der Waals surface area contributed by atoms with Gasteiger partial charge in [-0.1, -0.05) is 0 Å². The smallest absolute Gasteiger partial charge is 0.356 e. The summed E-state index contributed by atoms with van der Waals surface area (Å²) in [6.45, 7) is 0. The van der Waals surface area contributed by atoms with E-state index in [0.29, 0.717) is 0 Å². The highest BCUT2D eigenvalue weighted by Gasteiger charge is 2.14. The highest BCUT2D eigenvalue weighted by molar-refractivity contribution is 5.85. The number of rotatable bonds is 3. The molecule has 3 N–H and O–H groups in total. The fourth-order valence-corrected chi connectivity index (χ4v) is 1.31. The van der Waals surface area contributed by atoms with Crippen molar-refractivity contribution in [2.75, 3.05) is 5.73 Å². The zero-order valence-corrected chi connectivity index (χ0v) is 8.85. The van der Waals surface area contributed by atoms with E-state index in [9.17, 15) is 14.9 Å². The Morgan fingerprint density at radius 2 is 2.22 bits per heavy atom. The first-order valence-electron chi connectivity index (χ1n) is 4.67. The number of carbonyl (C=O) groups is 1. The van der Waals surface area contributed by atoms with E-state index in [1.807, 2.05) is 0 Å². The second-order valence-electron chi connectivity index (χ2n) is 3.30. The minimum absolute atomic E-state index is 0.159. The molecule has 2 aromatic heterocycles. The third-order valence-electron chi connectivity index (χ3n) is 2.15. The predicted octanol–water partition coefficient (Wildman–Crippen LogP) is 0.456. The number of imidazole rings is 1. The molecule has 0 fully saturated rings. The number of aromatic carboxylic acids is 1. The molecule has 0 aliphatic carbocycles. The van der Waals surface area contributed by atoms with Crippen LogP contribution in [0, 0.1) is 10.1 Å². The third-order valence-corrected chi connectivity index (χ3v) is 2.15. The molecule has 9 heteroatoms. The van der Waals surface area contributed by atoms with Crippen LogP contribution in [0.3, 0.4) is 0 Å². The number of nitro groups is 1. The second kappa shape index (κ2) is 4.13. The van der Waals surface area contributed by atoms with E-state index in [0.717, 1.165) is 0 Å². The van der Waals surface area contributed by atoms with Crippen molar-refractivity contribution in [3.8, 4) is 5.82 Å². The lowest BCUT2D eigenvalue weighted by Crippen LogP contribution is -2.02. The molecule has 0 spiro atoms. The number of anilines is 1. The number of nitrogens with two attached hydrogens (primary N) is 1. The molecule has 0 atom stereocenters. The van der Waals surface area contributed by atoms with E-state index < -0.39 is 10.9 Å². The van der Waals surface area contributed by atoms with Gasteiger partial charge in [-0.2, -0.15) is 0 Å². The lowest BCUT2D eigenvalue weighted by molar-refractivity contribution is -0.384. The van der Waals surface area contributed by atoms with Gasteiger partial charge in [0.25, 0.3) is 0 Å². The zero-order valence-electron chi connectivity index (χ0n) is 8.85. The SMILES string of the molecule is Nc1nc(-n2cnc(C(=O)O)c2)ccc1[N+](=O)[O-]. The predicted molar refractivity (Wildman–Crippen MR) is 59.4 cm³/mol. The maximum Gasteiger partial charge on any atom is 0.356 e. The molecule has 0 aliphatic heterocycles. The lowest BCUT2D eigenvalue weighted by Gasteiger charge is -2.02. The van der Waals surface area contributed by atoms with Crippen molar-refractivity contribution in [1.29, 1.82) is 0 Å². The van der Waals surface area contributed by atoms with E-state index in [4.69, 9.17) is 10.8 Å². The summed E-state index contributed by atoms with van der Waals surface area (Å²) in [5.74, 6) is -1.18. The Kier molecular flexibility index (Phi) is 2.64. The van der Waals surface area contributed by atoms with Gasteiger partial charge in [0.05, 0.1) is 4.92 Å². The highest BCUT2D eigenvalue weighted by Crippen LogP contribution is 2.20. The number of nitrogens with zero attached hydrogens (tertiary/aromatic N) is 4. The highest BCUT2D eigenvalue weighted by atomic mass is 16.6. The number of nitrogen functional groups attached to an aromatic ring is 1. The topological polar surface area (TPSA) is 137 Å². The normalized spacial score (nSPS) is 10.2. The fourth-order valence-electron chi connectivity index (χ4n) is 1.31. The van der Waals surface area contributed by atoms with Gasteiger partial charge < -0.3 is 10.8 Å². The number of aromatic nitrogens is 3. The molecule has 0 saturated heterocycles. The summed E-state index contributed by atoms with van der Waals surface area (Å²) in [4.78, 5) is 28.0. The number of carboxylic acids is 1. The van der Waals surface area contributed by atoms with Crippen molar-refractivity contribution >= 4 is 17.5 Å². The fraction of sp³-hybridized carbons (Fsp3) is 0. The van der Waals surface area contributed by atoms with Crippen LogP contribution < -0.4 is 5.73 Å². The Bertz CT molecular complexity index is 636. The molecule has 2 rings (SSSR count). The Labute approximate surface area is 99.7 Å². The van der Waals surface area contributed by atoms with E-state index >= 15 is 0 Å². The molecule has 18 heavy (non-hydrogen) atoms. The standard InChI is InChI=1S/C9H7N5O4/c10-8-6(14(17)18)1-2-7(12-8)13-3-5(9(15)16)11-4-13/h1-4H,(H2,10,12)(H,15,16). The first-order chi connectivity index (χ1) is 8.49. The van der Waals surface area contributed by atoms with Gasteiger partial charge in [-0.3, -0.25) is 14.7 Å². The average Bonchev–Trinajstić information content (AvgIpc) is 2.77. The Morgan fingerprint density at radius 3 is 2.72 bits per heavy atom. The molecular formula is C9H7N5O4. The van der Waals surface area contributed by atoms with Crippen molar-refractivity contribution in [2.45, 2.75) is 0 Å². The first-order valence-corrected chi connectivity index (χ1v) is 4.67. The van der Waals surface area contributed by atoms with Crippen molar-refractivity contribution in [2.24, 2.45) is 0 Å². The minimum atomic E-state index is -1.18. The number of pyridine rings is 1. The average molecular weight is 249 g/mol. The van der Waals surface area contributed by atoms with Gasteiger partial charge in [0, 0.05) is 12.3 Å². The zero-order chi connectivity index (χ0) is 13.3. The van der Waals surface area contributed by atoms with Crippen LogP contribution in [-0.4, -0.2) is 30.5 Å². The van der Waals surface area contributed by atoms with Gasteiger partial charge in [-0.25, -0.2) is 14.8 Å². The Morgan fingerprint density at radius 1 is 1.50 bits per heavy atom. The molecule has 9 nitrogen and oxygen atoms in total. The van der Waals surface area contributed by atoms with E-state index in [2.05, 4.69) is 9.97 Å². The Hall–Kier alpha value is -2.97. The molecule has 0 bridgehead atoms. The van der Waals surface area contributed by atoms with Crippen LogP contribution in [0.15, 0.2) is 24.7 Å². The van der Waals surface area contributed by atoms with Crippen LogP contribution in [0.1, 0.15) is 10.5 Å². The van der Waals surface area contributed by atoms with Crippen molar-refractivity contribution in [1.82, 2.24) is 14.5 Å². The minimum Gasteiger partial charge on any atom is -0.476 e. The summed E-state index contributed by atoms with van der Waals surface area (Å²) in [5, 5.41) is 19.3. The maximum absolute atomic E-state index is 10.6. The third kappa shape index (κ3) is 1.96. The molecule has 0 radical (unpaired) electrons. The molecule has 0 amide bonds.